The minimum Gasteiger partial charge on any atom is -0.310 e. The molecule has 0 amide bonds. The van der Waals surface area contributed by atoms with Crippen molar-refractivity contribution in [2.45, 2.75) is 39.5 Å². The summed E-state index contributed by atoms with van der Waals surface area (Å²) in [6.07, 6.45) is 5.24. The normalized spacial score (nSPS) is 13.4. The van der Waals surface area contributed by atoms with Crippen molar-refractivity contribution >= 4 is 23.8 Å². The summed E-state index contributed by atoms with van der Waals surface area (Å²) in [5.74, 6) is 0.942. The van der Waals surface area contributed by atoms with E-state index >= 15 is 0 Å². The standard InChI is InChI=1S/C14H19ClN2O/c1-5-7-9(3)13-16-12(6-2)11(8-10(4)15)14(18)17-13/h6,8-9H,2,5,7H2,1,3-4H3,(H,16,17,18)/b10-8+. The first-order valence-electron chi connectivity index (χ1n) is 6.10. The zero-order valence-electron chi connectivity index (χ0n) is 11.1. The van der Waals surface area contributed by atoms with Gasteiger partial charge in [-0.3, -0.25) is 4.79 Å². The van der Waals surface area contributed by atoms with Gasteiger partial charge in [-0.2, -0.15) is 0 Å². The topological polar surface area (TPSA) is 45.8 Å². The number of rotatable bonds is 5. The van der Waals surface area contributed by atoms with Gasteiger partial charge in [-0.1, -0.05) is 38.4 Å². The smallest absolute Gasteiger partial charge is 0.258 e. The van der Waals surface area contributed by atoms with Crippen LogP contribution in [0.25, 0.3) is 12.2 Å². The van der Waals surface area contributed by atoms with E-state index in [-0.39, 0.29) is 11.5 Å². The molecule has 0 spiro atoms. The Kier molecular flexibility index (Phi) is 5.35. The van der Waals surface area contributed by atoms with Gasteiger partial charge < -0.3 is 4.98 Å². The number of nitrogens with one attached hydrogen (secondary N) is 1. The summed E-state index contributed by atoms with van der Waals surface area (Å²) in [7, 11) is 0. The van der Waals surface area contributed by atoms with Crippen LogP contribution in [-0.2, 0) is 0 Å². The lowest BCUT2D eigenvalue weighted by Crippen LogP contribution is -2.18. The Hall–Kier alpha value is -1.35. The zero-order chi connectivity index (χ0) is 13.7. The fourth-order valence-electron chi connectivity index (χ4n) is 1.82. The molecule has 1 heterocycles. The fourth-order valence-corrected chi connectivity index (χ4v) is 1.92. The summed E-state index contributed by atoms with van der Waals surface area (Å²) in [5.41, 5.74) is 0.875. The molecule has 0 saturated carbocycles. The van der Waals surface area contributed by atoms with E-state index in [9.17, 15) is 4.79 Å². The Morgan fingerprint density at radius 3 is 2.78 bits per heavy atom. The summed E-state index contributed by atoms with van der Waals surface area (Å²) >= 11 is 5.81. The van der Waals surface area contributed by atoms with Crippen molar-refractivity contribution in [3.8, 4) is 0 Å². The molecule has 1 aromatic heterocycles. The maximum atomic E-state index is 12.0. The first kappa shape index (κ1) is 14.7. The lowest BCUT2D eigenvalue weighted by molar-refractivity contribution is 0.622. The highest BCUT2D eigenvalue weighted by Gasteiger charge is 2.12. The van der Waals surface area contributed by atoms with E-state index in [2.05, 4.69) is 30.4 Å². The van der Waals surface area contributed by atoms with Crippen LogP contribution in [0.1, 0.15) is 56.6 Å². The Bertz CT molecular complexity index is 513. The van der Waals surface area contributed by atoms with E-state index < -0.39 is 0 Å². The third-order valence-electron chi connectivity index (χ3n) is 2.73. The molecule has 0 aliphatic heterocycles. The number of hydrogen-bond donors (Lipinski definition) is 1. The maximum absolute atomic E-state index is 12.0. The van der Waals surface area contributed by atoms with E-state index in [4.69, 9.17) is 11.6 Å². The van der Waals surface area contributed by atoms with E-state index in [0.29, 0.717) is 22.1 Å². The predicted octanol–water partition coefficient (Wildman–Crippen LogP) is 3.92. The van der Waals surface area contributed by atoms with Crippen LogP contribution < -0.4 is 5.56 Å². The molecule has 1 atom stereocenters. The SMILES string of the molecule is C=Cc1nc(C(C)CCC)[nH]c(=O)c1/C=C(\C)Cl. The fraction of sp³-hybridized carbons (Fsp3) is 0.429. The number of allylic oxidation sites excluding steroid dienone is 1. The molecule has 0 aliphatic carbocycles. The molecule has 3 nitrogen and oxygen atoms in total. The maximum Gasteiger partial charge on any atom is 0.258 e. The van der Waals surface area contributed by atoms with Crippen molar-refractivity contribution in [3.05, 3.63) is 39.0 Å². The number of halogens is 1. The van der Waals surface area contributed by atoms with Crippen molar-refractivity contribution in [1.82, 2.24) is 9.97 Å². The van der Waals surface area contributed by atoms with Crippen LogP contribution >= 0.6 is 11.6 Å². The lowest BCUT2D eigenvalue weighted by Gasteiger charge is -2.11. The number of aromatic nitrogens is 2. The minimum atomic E-state index is -0.169. The molecule has 1 N–H and O–H groups in total. The van der Waals surface area contributed by atoms with Crippen molar-refractivity contribution in [2.24, 2.45) is 0 Å². The van der Waals surface area contributed by atoms with Crippen LogP contribution in [0.15, 0.2) is 16.4 Å². The quantitative estimate of drug-likeness (QED) is 0.878. The molecule has 1 unspecified atom stereocenters. The van der Waals surface area contributed by atoms with Gasteiger partial charge in [0.25, 0.3) is 5.56 Å². The van der Waals surface area contributed by atoms with Gasteiger partial charge in [-0.15, -0.1) is 0 Å². The highest BCUT2D eigenvalue weighted by molar-refractivity contribution is 6.31. The summed E-state index contributed by atoms with van der Waals surface area (Å²) in [6, 6.07) is 0. The van der Waals surface area contributed by atoms with Crippen LogP contribution in [0.5, 0.6) is 0 Å². The molecule has 4 heteroatoms. The van der Waals surface area contributed by atoms with Crippen molar-refractivity contribution in [1.29, 1.82) is 0 Å². The first-order valence-corrected chi connectivity index (χ1v) is 6.47. The van der Waals surface area contributed by atoms with E-state index in [1.54, 1.807) is 19.1 Å². The first-order chi connectivity index (χ1) is 8.49. The molecule has 1 aromatic rings. The Labute approximate surface area is 113 Å². The summed E-state index contributed by atoms with van der Waals surface area (Å²) in [5, 5.41) is 0.541. The van der Waals surface area contributed by atoms with Crippen LogP contribution in [-0.4, -0.2) is 9.97 Å². The van der Waals surface area contributed by atoms with Crippen LogP contribution in [0.4, 0.5) is 0 Å². The van der Waals surface area contributed by atoms with Crippen LogP contribution in [0.2, 0.25) is 0 Å². The van der Waals surface area contributed by atoms with Crippen LogP contribution in [0, 0.1) is 0 Å². The van der Waals surface area contributed by atoms with E-state index in [0.717, 1.165) is 12.8 Å². The van der Waals surface area contributed by atoms with Gasteiger partial charge in [0.05, 0.1) is 11.3 Å². The average molecular weight is 267 g/mol. The van der Waals surface area contributed by atoms with Gasteiger partial charge >= 0.3 is 0 Å². The highest BCUT2D eigenvalue weighted by atomic mass is 35.5. The summed E-state index contributed by atoms with van der Waals surface area (Å²) in [4.78, 5) is 19.3. The molecule has 0 aromatic carbocycles. The monoisotopic (exact) mass is 266 g/mol. The molecule has 0 saturated heterocycles. The van der Waals surface area contributed by atoms with Gasteiger partial charge in [0.1, 0.15) is 5.82 Å². The molecule has 0 radical (unpaired) electrons. The molecule has 0 aliphatic rings. The van der Waals surface area contributed by atoms with Gasteiger partial charge in [0.2, 0.25) is 0 Å². The molecule has 0 bridgehead atoms. The molecule has 98 valence electrons. The Morgan fingerprint density at radius 2 is 2.28 bits per heavy atom. The average Bonchev–Trinajstić information content (AvgIpc) is 2.31. The predicted molar refractivity (Wildman–Crippen MR) is 77.8 cm³/mol. The second-order valence-electron chi connectivity index (χ2n) is 4.38. The Balaban J connectivity index is 3.31. The Morgan fingerprint density at radius 1 is 1.61 bits per heavy atom. The third kappa shape index (κ3) is 3.57. The van der Waals surface area contributed by atoms with Gasteiger partial charge in [-0.05, 0) is 25.5 Å². The molecular formula is C14H19ClN2O. The van der Waals surface area contributed by atoms with Crippen LogP contribution in [0.3, 0.4) is 0 Å². The van der Waals surface area contributed by atoms with E-state index in [1.165, 1.54) is 0 Å². The summed E-state index contributed by atoms with van der Waals surface area (Å²) in [6.45, 7) is 9.58. The number of hydrogen-bond acceptors (Lipinski definition) is 2. The van der Waals surface area contributed by atoms with Gasteiger partial charge in [-0.25, -0.2) is 4.98 Å². The van der Waals surface area contributed by atoms with E-state index in [1.807, 2.05) is 0 Å². The lowest BCUT2D eigenvalue weighted by atomic mass is 10.0. The summed E-state index contributed by atoms with van der Waals surface area (Å²) < 4.78 is 0. The molecule has 0 fully saturated rings. The third-order valence-corrected chi connectivity index (χ3v) is 2.84. The van der Waals surface area contributed by atoms with Crippen molar-refractivity contribution < 1.29 is 0 Å². The highest BCUT2D eigenvalue weighted by Crippen LogP contribution is 2.18. The second kappa shape index (κ2) is 6.55. The number of aromatic amines is 1. The zero-order valence-corrected chi connectivity index (χ0v) is 11.8. The molecule has 1 rings (SSSR count). The van der Waals surface area contributed by atoms with Gasteiger partial charge in [0, 0.05) is 11.0 Å². The molecule has 18 heavy (non-hydrogen) atoms. The van der Waals surface area contributed by atoms with Crippen molar-refractivity contribution in [2.75, 3.05) is 0 Å². The van der Waals surface area contributed by atoms with Crippen molar-refractivity contribution in [3.63, 3.8) is 0 Å². The number of H-pyrrole nitrogens is 1. The number of nitrogens with zero attached hydrogens (tertiary/aromatic N) is 1. The largest absolute Gasteiger partial charge is 0.310 e. The second-order valence-corrected chi connectivity index (χ2v) is 4.97. The molecular weight excluding hydrogens is 248 g/mol. The minimum absolute atomic E-state index is 0.169. The van der Waals surface area contributed by atoms with Gasteiger partial charge in [0.15, 0.2) is 0 Å².